The maximum Gasteiger partial charge on any atom is 0.134 e. The second-order valence-electron chi connectivity index (χ2n) is 5.11. The molecule has 3 rings (SSSR count). The lowest BCUT2D eigenvalue weighted by atomic mass is 10.2. The summed E-state index contributed by atoms with van der Waals surface area (Å²) in [6, 6.07) is 16.4. The highest BCUT2D eigenvalue weighted by Gasteiger charge is 2.17. The standard InChI is InChI=1S/C17H18N2O/c1-12-7-6-10-17(18-12)19(3)13(2)16-11-14-8-4-5-9-15(14)20-16/h4-11,13H,1-3H3. The molecule has 0 amide bonds. The zero-order valence-electron chi connectivity index (χ0n) is 12.0. The van der Waals surface area contributed by atoms with Gasteiger partial charge in [-0.15, -0.1) is 0 Å². The lowest BCUT2D eigenvalue weighted by Gasteiger charge is -2.24. The summed E-state index contributed by atoms with van der Waals surface area (Å²) in [7, 11) is 2.04. The number of pyridine rings is 1. The molecule has 0 spiro atoms. The Kier molecular flexibility index (Phi) is 3.18. The van der Waals surface area contributed by atoms with Crippen LogP contribution in [0.15, 0.2) is 52.9 Å². The number of rotatable bonds is 3. The average Bonchev–Trinajstić information content (AvgIpc) is 2.89. The van der Waals surface area contributed by atoms with Crippen molar-refractivity contribution < 1.29 is 4.42 Å². The number of aromatic nitrogens is 1. The quantitative estimate of drug-likeness (QED) is 0.706. The second-order valence-corrected chi connectivity index (χ2v) is 5.11. The summed E-state index contributed by atoms with van der Waals surface area (Å²) < 4.78 is 5.93. The van der Waals surface area contributed by atoms with E-state index in [0.29, 0.717) is 0 Å². The molecule has 0 saturated carbocycles. The van der Waals surface area contributed by atoms with Gasteiger partial charge in [-0.1, -0.05) is 24.3 Å². The number of hydrogen-bond acceptors (Lipinski definition) is 3. The zero-order chi connectivity index (χ0) is 14.1. The number of anilines is 1. The molecule has 0 N–H and O–H groups in total. The fourth-order valence-corrected chi connectivity index (χ4v) is 2.32. The van der Waals surface area contributed by atoms with Crippen LogP contribution in [0.3, 0.4) is 0 Å². The predicted molar refractivity (Wildman–Crippen MR) is 82.0 cm³/mol. The number of fused-ring (bicyclic) bond motifs is 1. The zero-order valence-corrected chi connectivity index (χ0v) is 12.0. The third-order valence-corrected chi connectivity index (χ3v) is 3.67. The van der Waals surface area contributed by atoms with Crippen LogP contribution in [0.2, 0.25) is 0 Å². The Bertz CT molecular complexity index is 699. The summed E-state index contributed by atoms with van der Waals surface area (Å²) >= 11 is 0. The van der Waals surface area contributed by atoms with Gasteiger partial charge in [0.15, 0.2) is 0 Å². The van der Waals surface area contributed by atoms with Crippen molar-refractivity contribution in [1.82, 2.24) is 4.98 Å². The van der Waals surface area contributed by atoms with E-state index in [2.05, 4.69) is 28.9 Å². The highest BCUT2D eigenvalue weighted by Crippen LogP contribution is 2.28. The van der Waals surface area contributed by atoms with Crippen molar-refractivity contribution >= 4 is 16.8 Å². The molecule has 102 valence electrons. The van der Waals surface area contributed by atoms with Crippen LogP contribution in [0.5, 0.6) is 0 Å². The molecule has 1 unspecified atom stereocenters. The van der Waals surface area contributed by atoms with Crippen LogP contribution in [0.1, 0.15) is 24.4 Å². The molecule has 0 saturated heterocycles. The number of hydrogen-bond donors (Lipinski definition) is 0. The van der Waals surface area contributed by atoms with E-state index in [9.17, 15) is 0 Å². The second kappa shape index (κ2) is 5.00. The monoisotopic (exact) mass is 266 g/mol. The van der Waals surface area contributed by atoms with Gasteiger partial charge in [0, 0.05) is 18.1 Å². The molecule has 3 heteroatoms. The fourth-order valence-electron chi connectivity index (χ4n) is 2.32. The predicted octanol–water partition coefficient (Wildman–Crippen LogP) is 4.33. The number of aryl methyl sites for hydroxylation is 1. The normalized spacial score (nSPS) is 12.6. The molecular formula is C17H18N2O. The molecule has 0 radical (unpaired) electrons. The third kappa shape index (κ3) is 2.27. The van der Waals surface area contributed by atoms with Crippen molar-refractivity contribution in [3.05, 3.63) is 60.0 Å². The maximum atomic E-state index is 5.93. The van der Waals surface area contributed by atoms with E-state index in [1.54, 1.807) is 0 Å². The number of furan rings is 1. The minimum atomic E-state index is 0.136. The summed E-state index contributed by atoms with van der Waals surface area (Å²) in [5.41, 5.74) is 1.95. The average molecular weight is 266 g/mol. The van der Waals surface area contributed by atoms with Crippen LogP contribution >= 0.6 is 0 Å². The van der Waals surface area contributed by atoms with Gasteiger partial charge >= 0.3 is 0 Å². The first-order valence-electron chi connectivity index (χ1n) is 6.80. The molecule has 0 fully saturated rings. The van der Waals surface area contributed by atoms with Crippen LogP contribution in [0, 0.1) is 6.92 Å². The molecule has 0 aliphatic rings. The van der Waals surface area contributed by atoms with Gasteiger partial charge in [-0.2, -0.15) is 0 Å². The van der Waals surface area contributed by atoms with E-state index >= 15 is 0 Å². The first-order chi connectivity index (χ1) is 9.65. The fraction of sp³-hybridized carbons (Fsp3) is 0.235. The third-order valence-electron chi connectivity index (χ3n) is 3.67. The first-order valence-corrected chi connectivity index (χ1v) is 6.80. The summed E-state index contributed by atoms with van der Waals surface area (Å²) in [4.78, 5) is 6.69. The van der Waals surface area contributed by atoms with E-state index in [1.165, 1.54) is 0 Å². The molecule has 0 aliphatic carbocycles. The Morgan fingerprint density at radius 3 is 2.65 bits per heavy atom. The molecule has 1 atom stereocenters. The van der Waals surface area contributed by atoms with Crippen molar-refractivity contribution in [2.45, 2.75) is 19.9 Å². The van der Waals surface area contributed by atoms with Crippen LogP contribution in [-0.2, 0) is 0 Å². The molecule has 3 aromatic rings. The summed E-state index contributed by atoms with van der Waals surface area (Å²) in [6.45, 7) is 4.13. The van der Waals surface area contributed by atoms with Crippen LogP contribution < -0.4 is 4.90 Å². The van der Waals surface area contributed by atoms with Crippen LogP contribution in [0.25, 0.3) is 11.0 Å². The first kappa shape index (κ1) is 12.7. The van der Waals surface area contributed by atoms with Crippen molar-refractivity contribution in [2.75, 3.05) is 11.9 Å². The van der Waals surface area contributed by atoms with E-state index in [4.69, 9.17) is 4.42 Å². The maximum absolute atomic E-state index is 5.93. The molecule has 2 aromatic heterocycles. The van der Waals surface area contributed by atoms with Crippen LogP contribution in [0.4, 0.5) is 5.82 Å². The lowest BCUT2D eigenvalue weighted by Crippen LogP contribution is -2.22. The van der Waals surface area contributed by atoms with Crippen LogP contribution in [-0.4, -0.2) is 12.0 Å². The van der Waals surface area contributed by atoms with Gasteiger partial charge in [0.2, 0.25) is 0 Å². The Hall–Kier alpha value is -2.29. The van der Waals surface area contributed by atoms with Crippen molar-refractivity contribution in [2.24, 2.45) is 0 Å². The van der Waals surface area contributed by atoms with Gasteiger partial charge in [0.1, 0.15) is 17.2 Å². The Morgan fingerprint density at radius 1 is 1.10 bits per heavy atom. The summed E-state index contributed by atoms with van der Waals surface area (Å²) in [6.07, 6.45) is 0. The molecule has 0 aliphatic heterocycles. The Morgan fingerprint density at radius 2 is 1.90 bits per heavy atom. The highest BCUT2D eigenvalue weighted by molar-refractivity contribution is 5.77. The van der Waals surface area contributed by atoms with Crippen molar-refractivity contribution in [3.63, 3.8) is 0 Å². The molecule has 2 heterocycles. The van der Waals surface area contributed by atoms with E-state index in [-0.39, 0.29) is 6.04 Å². The number of benzene rings is 1. The molecule has 20 heavy (non-hydrogen) atoms. The minimum Gasteiger partial charge on any atom is -0.459 e. The number of nitrogens with zero attached hydrogens (tertiary/aromatic N) is 2. The van der Waals surface area contributed by atoms with Crippen molar-refractivity contribution in [1.29, 1.82) is 0 Å². The van der Waals surface area contributed by atoms with Gasteiger partial charge < -0.3 is 9.32 Å². The molecule has 3 nitrogen and oxygen atoms in total. The minimum absolute atomic E-state index is 0.136. The smallest absolute Gasteiger partial charge is 0.134 e. The Balaban J connectivity index is 1.93. The van der Waals surface area contributed by atoms with Gasteiger partial charge in [0.25, 0.3) is 0 Å². The van der Waals surface area contributed by atoms with Crippen molar-refractivity contribution in [3.8, 4) is 0 Å². The highest BCUT2D eigenvalue weighted by atomic mass is 16.3. The molecule has 1 aromatic carbocycles. The van der Waals surface area contributed by atoms with E-state index in [1.807, 2.05) is 50.4 Å². The SMILES string of the molecule is Cc1cccc(N(C)C(C)c2cc3ccccc3o2)n1. The van der Waals surface area contributed by atoms with Gasteiger partial charge in [-0.3, -0.25) is 0 Å². The summed E-state index contributed by atoms with van der Waals surface area (Å²) in [5, 5.41) is 1.14. The molecule has 0 bridgehead atoms. The van der Waals surface area contributed by atoms with E-state index in [0.717, 1.165) is 28.2 Å². The Labute approximate surface area is 118 Å². The van der Waals surface area contributed by atoms with E-state index < -0.39 is 0 Å². The number of para-hydroxylation sites is 1. The lowest BCUT2D eigenvalue weighted by molar-refractivity contribution is 0.500. The summed E-state index contributed by atoms with van der Waals surface area (Å²) in [5.74, 6) is 1.91. The molecular weight excluding hydrogens is 248 g/mol. The van der Waals surface area contributed by atoms with Gasteiger partial charge in [0.05, 0.1) is 6.04 Å². The topological polar surface area (TPSA) is 29.3 Å². The van der Waals surface area contributed by atoms with Gasteiger partial charge in [-0.25, -0.2) is 4.98 Å². The largest absolute Gasteiger partial charge is 0.459 e. The van der Waals surface area contributed by atoms with Gasteiger partial charge in [-0.05, 0) is 38.1 Å².